The summed E-state index contributed by atoms with van der Waals surface area (Å²) in [6, 6.07) is 9.08. The summed E-state index contributed by atoms with van der Waals surface area (Å²) in [4.78, 5) is 39.3. The van der Waals surface area contributed by atoms with Gasteiger partial charge in [0.25, 0.3) is 0 Å². The number of ether oxygens (including phenoxy) is 2. The van der Waals surface area contributed by atoms with Gasteiger partial charge in [-0.2, -0.15) is 0 Å². The quantitative estimate of drug-likeness (QED) is 0.120. The van der Waals surface area contributed by atoms with Gasteiger partial charge in [0.05, 0.1) is 66.8 Å². The molecule has 0 spiro atoms. The topological polar surface area (TPSA) is 189 Å². The van der Waals surface area contributed by atoms with Crippen molar-refractivity contribution in [1.29, 1.82) is 0 Å². The number of aromatic nitrogens is 8. The van der Waals surface area contributed by atoms with Crippen LogP contribution in [-0.4, -0.2) is 108 Å². The molecule has 2 fully saturated rings. The van der Waals surface area contributed by atoms with Gasteiger partial charge in [-0.3, -0.25) is 0 Å². The Morgan fingerprint density at radius 2 is 1.08 bits per heavy atom. The number of hydrogen-bond acceptors (Lipinski definition) is 17. The average molecular weight is 974 g/mol. The van der Waals surface area contributed by atoms with Crippen LogP contribution in [-0.2, 0) is 22.5 Å². The van der Waals surface area contributed by atoms with Crippen molar-refractivity contribution in [3.05, 3.63) is 126 Å². The number of aliphatic hydroxyl groups excluding tert-OH is 3. The monoisotopic (exact) mass is 972 g/mol. The summed E-state index contributed by atoms with van der Waals surface area (Å²) in [6.45, 7) is 7.29. The van der Waals surface area contributed by atoms with Gasteiger partial charge in [0, 0.05) is 105 Å². The predicted octanol–water partition coefficient (Wildman–Crippen LogP) is 7.77. The molecule has 8 aromatic rings. The summed E-state index contributed by atoms with van der Waals surface area (Å²) in [7, 11) is 0. The lowest BCUT2D eigenvalue weighted by Gasteiger charge is -2.27. The van der Waals surface area contributed by atoms with Crippen molar-refractivity contribution in [2.45, 2.75) is 32.2 Å². The first-order chi connectivity index (χ1) is 32.1. The number of morpholine rings is 2. The van der Waals surface area contributed by atoms with E-state index < -0.39 is 23.8 Å². The Hall–Kier alpha value is -5.48. The van der Waals surface area contributed by atoms with Gasteiger partial charge in [-0.25, -0.2) is 48.7 Å². The van der Waals surface area contributed by atoms with Crippen molar-refractivity contribution in [3.63, 3.8) is 0 Å². The van der Waals surface area contributed by atoms with E-state index in [2.05, 4.69) is 49.7 Å². The van der Waals surface area contributed by atoms with Gasteiger partial charge in [0.2, 0.25) is 0 Å². The molecular weight excluding hydrogens is 934 g/mol. The number of thiazole rings is 2. The standard InChI is InChI=1S/C23H21ClFN5O2S.C22H19ClFN5O3S/c1-2-13-11-33-23(29-13)22(31)14-7-15(18(25)8-17(14)24)21-16-10-26-20(9-19(16)27-12-28-21)30-3-5-32-6-4-30;23-16-6-17(24)14(5-13(16)21(31)22-28-12(9-30)10-33-22)20-15-8-25-19(7-18(15)26-11-27-20)29-1-3-32-4-2-29/h7-12,22,31H,2-6H2,1H3;5-8,10-11,21,30-31H,1-4,9H2. The lowest BCUT2D eigenvalue weighted by molar-refractivity contribution is 0.122. The van der Waals surface area contributed by atoms with Crippen LogP contribution in [0.4, 0.5) is 20.4 Å². The molecule has 2 aliphatic heterocycles. The summed E-state index contributed by atoms with van der Waals surface area (Å²) in [5.41, 5.74) is 4.38. The summed E-state index contributed by atoms with van der Waals surface area (Å²) in [6.07, 6.45) is 4.58. The van der Waals surface area contributed by atoms with E-state index in [0.717, 1.165) is 56.0 Å². The Balaban J connectivity index is 0.000000166. The maximum absolute atomic E-state index is 15.1. The molecule has 66 heavy (non-hydrogen) atoms. The van der Waals surface area contributed by atoms with E-state index >= 15 is 8.78 Å². The van der Waals surface area contributed by atoms with Gasteiger partial charge in [0.1, 0.15) is 58.1 Å². The third-order valence-corrected chi connectivity index (χ3v) is 13.6. The number of aliphatic hydroxyl groups is 3. The number of hydrogen-bond donors (Lipinski definition) is 3. The number of fused-ring (bicyclic) bond motifs is 2. The van der Waals surface area contributed by atoms with E-state index in [9.17, 15) is 15.3 Å². The SMILES string of the molecule is CCc1csc(C(O)c2cc(-c3ncnc4cc(N5CCOCC5)ncc34)c(F)cc2Cl)n1.OCc1csc(C(O)c2cc(-c3ncnc4cc(N5CCOCC5)ncc34)c(F)cc2Cl)n1. The molecule has 21 heteroatoms. The van der Waals surface area contributed by atoms with Gasteiger partial charge in [-0.15, -0.1) is 22.7 Å². The van der Waals surface area contributed by atoms with Crippen LogP contribution >= 0.6 is 45.9 Å². The molecule has 3 N–H and O–H groups in total. The highest BCUT2D eigenvalue weighted by atomic mass is 35.5. The number of anilines is 2. The van der Waals surface area contributed by atoms with Crippen molar-refractivity contribution >= 4 is 79.3 Å². The summed E-state index contributed by atoms with van der Waals surface area (Å²) >= 11 is 15.1. The number of aryl methyl sites for hydroxylation is 1. The highest BCUT2D eigenvalue weighted by Crippen LogP contribution is 2.39. The highest BCUT2D eigenvalue weighted by Gasteiger charge is 2.25. The predicted molar refractivity (Wildman–Crippen MR) is 249 cm³/mol. The van der Waals surface area contributed by atoms with Crippen LogP contribution in [0.2, 0.25) is 10.0 Å². The Kier molecular flexibility index (Phi) is 14.0. The summed E-state index contributed by atoms with van der Waals surface area (Å²) in [5.74, 6) is 0.440. The molecule has 0 amide bonds. The fraction of sp³-hybridized carbons (Fsp3) is 0.289. The van der Waals surface area contributed by atoms with E-state index in [4.69, 9.17) is 32.7 Å². The second kappa shape index (κ2) is 20.2. The summed E-state index contributed by atoms with van der Waals surface area (Å²) < 4.78 is 40.9. The first-order valence-corrected chi connectivity index (χ1v) is 23.3. The number of nitrogens with zero attached hydrogens (tertiary/aromatic N) is 10. The molecule has 2 unspecified atom stereocenters. The van der Waals surface area contributed by atoms with E-state index in [1.165, 1.54) is 53.5 Å². The Labute approximate surface area is 394 Å². The lowest BCUT2D eigenvalue weighted by atomic mass is 10.0. The van der Waals surface area contributed by atoms with Crippen molar-refractivity contribution in [2.75, 3.05) is 62.4 Å². The van der Waals surface area contributed by atoms with E-state index in [1.807, 2.05) is 24.4 Å². The molecule has 15 nitrogen and oxygen atoms in total. The van der Waals surface area contributed by atoms with E-state index in [1.54, 1.807) is 17.8 Å². The first-order valence-electron chi connectivity index (χ1n) is 20.8. The molecule has 2 aliphatic rings. The van der Waals surface area contributed by atoms with Crippen molar-refractivity contribution in [3.8, 4) is 22.5 Å². The molecule has 340 valence electrons. The highest BCUT2D eigenvalue weighted by molar-refractivity contribution is 7.10. The number of rotatable bonds is 10. The number of benzene rings is 2. The normalized spacial score (nSPS) is 15.2. The van der Waals surface area contributed by atoms with Crippen LogP contribution in [0.3, 0.4) is 0 Å². The van der Waals surface area contributed by atoms with Gasteiger partial charge in [0.15, 0.2) is 0 Å². The molecule has 0 radical (unpaired) electrons. The molecule has 8 heterocycles. The van der Waals surface area contributed by atoms with Gasteiger partial charge < -0.3 is 34.6 Å². The van der Waals surface area contributed by atoms with Crippen molar-refractivity contribution in [1.82, 2.24) is 39.9 Å². The molecule has 0 bridgehead atoms. The van der Waals surface area contributed by atoms with Crippen LogP contribution in [0.5, 0.6) is 0 Å². The van der Waals surface area contributed by atoms with Gasteiger partial charge in [-0.05, 0) is 30.7 Å². The number of pyridine rings is 2. The third kappa shape index (κ3) is 9.53. The van der Waals surface area contributed by atoms with Crippen LogP contribution in [0.15, 0.2) is 72.2 Å². The minimum Gasteiger partial charge on any atom is -0.390 e. The molecule has 2 aromatic carbocycles. The maximum Gasteiger partial charge on any atom is 0.134 e. The molecule has 2 atom stereocenters. The largest absolute Gasteiger partial charge is 0.390 e. The minimum atomic E-state index is -1.18. The molecule has 0 saturated carbocycles. The fourth-order valence-corrected chi connectivity index (χ4v) is 9.77. The minimum absolute atomic E-state index is 0.0654. The summed E-state index contributed by atoms with van der Waals surface area (Å²) in [5, 5.41) is 36.8. The average Bonchev–Trinajstić information content (AvgIpc) is 4.05. The first kappa shape index (κ1) is 45.7. The van der Waals surface area contributed by atoms with Crippen LogP contribution < -0.4 is 9.80 Å². The maximum atomic E-state index is 15.1. The Bertz CT molecular complexity index is 2830. The molecular formula is C45H40Cl2F2N10O5S2. The molecule has 0 aliphatic carbocycles. The Morgan fingerprint density at radius 3 is 1.48 bits per heavy atom. The molecule has 10 rings (SSSR count). The van der Waals surface area contributed by atoms with Gasteiger partial charge >= 0.3 is 0 Å². The van der Waals surface area contributed by atoms with Crippen molar-refractivity contribution in [2.24, 2.45) is 0 Å². The second-order valence-corrected chi connectivity index (χ2v) is 17.7. The molecule has 6 aromatic heterocycles. The van der Waals surface area contributed by atoms with E-state index in [-0.39, 0.29) is 33.3 Å². The van der Waals surface area contributed by atoms with Gasteiger partial charge in [-0.1, -0.05) is 30.1 Å². The second-order valence-electron chi connectivity index (χ2n) is 15.1. The zero-order chi connectivity index (χ0) is 45.9. The lowest BCUT2D eigenvalue weighted by Crippen LogP contribution is -2.36. The number of halogens is 4. The zero-order valence-corrected chi connectivity index (χ0v) is 38.3. The van der Waals surface area contributed by atoms with Crippen LogP contribution in [0.25, 0.3) is 44.3 Å². The van der Waals surface area contributed by atoms with Crippen LogP contribution in [0, 0.1) is 11.6 Å². The van der Waals surface area contributed by atoms with Crippen LogP contribution in [0.1, 0.15) is 51.7 Å². The van der Waals surface area contributed by atoms with E-state index in [0.29, 0.717) is 80.9 Å². The smallest absolute Gasteiger partial charge is 0.134 e. The Morgan fingerprint density at radius 1 is 0.636 bits per heavy atom. The van der Waals surface area contributed by atoms with Crippen molar-refractivity contribution < 1.29 is 33.6 Å². The molecule has 2 saturated heterocycles. The zero-order valence-electron chi connectivity index (χ0n) is 35.1. The third-order valence-electron chi connectivity index (χ3n) is 11.1. The fourth-order valence-electron chi connectivity index (χ4n) is 7.55.